The fourth-order valence-corrected chi connectivity index (χ4v) is 3.08. The van der Waals surface area contributed by atoms with Gasteiger partial charge in [0.05, 0.1) is 5.69 Å². The van der Waals surface area contributed by atoms with Crippen molar-refractivity contribution in [2.24, 2.45) is 0 Å². The van der Waals surface area contributed by atoms with Gasteiger partial charge in [-0.05, 0) is 35.7 Å². The molecule has 0 atom stereocenters. The summed E-state index contributed by atoms with van der Waals surface area (Å²) in [6.07, 6.45) is 1.54. The van der Waals surface area contributed by atoms with E-state index in [0.717, 1.165) is 20.9 Å². The van der Waals surface area contributed by atoms with E-state index < -0.39 is 11.3 Å². The van der Waals surface area contributed by atoms with E-state index in [4.69, 9.17) is 0 Å². The Hall–Kier alpha value is -3.25. The lowest BCUT2D eigenvalue weighted by molar-refractivity contribution is 0.101. The molecule has 0 bridgehead atoms. The molecule has 0 aliphatic heterocycles. The van der Waals surface area contributed by atoms with Gasteiger partial charge in [-0.1, -0.05) is 52.3 Å². The normalized spacial score (nSPS) is 10.7. The third kappa shape index (κ3) is 3.52. The molecule has 4 aromatic rings. The summed E-state index contributed by atoms with van der Waals surface area (Å²) in [6, 6.07) is 22.1. The molecule has 6 heteroatoms. The molecular formula is C21H14BrN3O2. The Balaban J connectivity index is 1.70. The van der Waals surface area contributed by atoms with Crippen molar-refractivity contribution in [3.63, 3.8) is 0 Å². The molecule has 132 valence electrons. The maximum atomic E-state index is 12.7. The number of hydrogen-bond donors (Lipinski definition) is 1. The zero-order chi connectivity index (χ0) is 18.8. The second kappa shape index (κ2) is 7.17. The lowest BCUT2D eigenvalue weighted by atomic mass is 10.1. The summed E-state index contributed by atoms with van der Waals surface area (Å²) in [5, 5.41) is 8.94. The van der Waals surface area contributed by atoms with Crippen LogP contribution in [0.1, 0.15) is 10.5 Å². The number of rotatable bonds is 3. The predicted octanol–water partition coefficient (Wildman–Crippen LogP) is 4.40. The van der Waals surface area contributed by atoms with Crippen LogP contribution in [0.4, 0.5) is 5.69 Å². The second-order valence-electron chi connectivity index (χ2n) is 5.93. The SMILES string of the molecule is O=C(Nc1cccc2ccccc12)c1nn(-c2ccc(Br)cc2)ccc1=O. The lowest BCUT2D eigenvalue weighted by Crippen LogP contribution is -2.25. The predicted molar refractivity (Wildman–Crippen MR) is 109 cm³/mol. The van der Waals surface area contributed by atoms with E-state index in [1.165, 1.54) is 10.7 Å². The maximum absolute atomic E-state index is 12.7. The zero-order valence-electron chi connectivity index (χ0n) is 14.1. The van der Waals surface area contributed by atoms with Gasteiger partial charge in [-0.15, -0.1) is 0 Å². The van der Waals surface area contributed by atoms with Crippen LogP contribution in [0.5, 0.6) is 0 Å². The van der Waals surface area contributed by atoms with Crippen molar-refractivity contribution in [2.75, 3.05) is 5.32 Å². The number of aromatic nitrogens is 2. The summed E-state index contributed by atoms with van der Waals surface area (Å²) in [6.45, 7) is 0. The van der Waals surface area contributed by atoms with Gasteiger partial charge in [0.2, 0.25) is 5.43 Å². The fraction of sp³-hybridized carbons (Fsp3) is 0. The average molecular weight is 420 g/mol. The molecule has 3 aromatic carbocycles. The van der Waals surface area contributed by atoms with E-state index in [9.17, 15) is 9.59 Å². The molecule has 5 nitrogen and oxygen atoms in total. The topological polar surface area (TPSA) is 64.0 Å². The smallest absolute Gasteiger partial charge is 0.280 e. The van der Waals surface area contributed by atoms with Gasteiger partial charge in [-0.2, -0.15) is 5.10 Å². The number of nitrogens with zero attached hydrogens (tertiary/aromatic N) is 2. The maximum Gasteiger partial charge on any atom is 0.280 e. The highest BCUT2D eigenvalue weighted by molar-refractivity contribution is 9.10. The van der Waals surface area contributed by atoms with E-state index >= 15 is 0 Å². The van der Waals surface area contributed by atoms with Crippen LogP contribution in [0.2, 0.25) is 0 Å². The van der Waals surface area contributed by atoms with E-state index in [0.29, 0.717) is 5.69 Å². The summed E-state index contributed by atoms with van der Waals surface area (Å²) in [5.74, 6) is -0.539. The standard InChI is InChI=1S/C21H14BrN3O2/c22-15-8-10-16(11-9-15)25-13-12-19(26)20(24-25)21(27)23-18-7-3-5-14-4-1-2-6-17(14)18/h1-13H,(H,23,27). The van der Waals surface area contributed by atoms with Crippen molar-refractivity contribution in [2.45, 2.75) is 0 Å². The molecule has 1 N–H and O–H groups in total. The van der Waals surface area contributed by atoms with E-state index in [1.54, 1.807) is 12.3 Å². The molecular weight excluding hydrogens is 406 g/mol. The number of hydrogen-bond acceptors (Lipinski definition) is 3. The first kappa shape index (κ1) is 17.2. The van der Waals surface area contributed by atoms with Gasteiger partial charge in [-0.25, -0.2) is 4.68 Å². The van der Waals surface area contributed by atoms with Gasteiger partial charge in [0, 0.05) is 27.8 Å². The Morgan fingerprint density at radius 1 is 0.926 bits per heavy atom. The van der Waals surface area contributed by atoms with Crippen LogP contribution in [0.3, 0.4) is 0 Å². The summed E-state index contributed by atoms with van der Waals surface area (Å²) < 4.78 is 2.44. The van der Waals surface area contributed by atoms with E-state index in [1.807, 2.05) is 60.7 Å². The molecule has 27 heavy (non-hydrogen) atoms. The number of halogens is 1. The van der Waals surface area contributed by atoms with Crippen LogP contribution in [0.15, 0.2) is 88.3 Å². The minimum atomic E-state index is -0.539. The highest BCUT2D eigenvalue weighted by atomic mass is 79.9. The highest BCUT2D eigenvalue weighted by Gasteiger charge is 2.15. The number of carbonyl (C=O) groups is 1. The number of anilines is 1. The van der Waals surface area contributed by atoms with Gasteiger partial charge in [0.25, 0.3) is 5.91 Å². The van der Waals surface area contributed by atoms with Crippen molar-refractivity contribution in [3.05, 3.63) is 99.4 Å². The molecule has 0 aliphatic carbocycles. The van der Waals surface area contributed by atoms with Gasteiger partial charge in [0.15, 0.2) is 5.69 Å². The Kier molecular flexibility index (Phi) is 4.56. The Bertz CT molecular complexity index is 1190. The molecule has 0 spiro atoms. The summed E-state index contributed by atoms with van der Waals surface area (Å²) >= 11 is 3.38. The van der Waals surface area contributed by atoms with Crippen molar-refractivity contribution >= 4 is 38.3 Å². The molecule has 4 rings (SSSR count). The largest absolute Gasteiger partial charge is 0.320 e. The molecule has 0 saturated heterocycles. The van der Waals surface area contributed by atoms with Crippen molar-refractivity contribution in [3.8, 4) is 5.69 Å². The minimum absolute atomic E-state index is 0.159. The fourth-order valence-electron chi connectivity index (χ4n) is 2.82. The van der Waals surface area contributed by atoms with Gasteiger partial charge in [0.1, 0.15) is 0 Å². The molecule has 0 fully saturated rings. The van der Waals surface area contributed by atoms with Gasteiger partial charge in [-0.3, -0.25) is 9.59 Å². The first-order chi connectivity index (χ1) is 13.1. The summed E-state index contributed by atoms with van der Waals surface area (Å²) in [4.78, 5) is 24.9. The number of fused-ring (bicyclic) bond motifs is 1. The summed E-state index contributed by atoms with van der Waals surface area (Å²) in [5.41, 5.74) is 0.796. The van der Waals surface area contributed by atoms with Crippen LogP contribution in [-0.2, 0) is 0 Å². The monoisotopic (exact) mass is 419 g/mol. The Labute approximate surface area is 163 Å². The first-order valence-electron chi connectivity index (χ1n) is 8.27. The van der Waals surface area contributed by atoms with Gasteiger partial charge >= 0.3 is 0 Å². The van der Waals surface area contributed by atoms with E-state index in [-0.39, 0.29) is 5.69 Å². The molecule has 0 saturated carbocycles. The van der Waals surface area contributed by atoms with Crippen LogP contribution >= 0.6 is 15.9 Å². The third-order valence-electron chi connectivity index (χ3n) is 4.15. The quantitative estimate of drug-likeness (QED) is 0.535. The molecule has 0 unspecified atom stereocenters. The van der Waals surface area contributed by atoms with Crippen LogP contribution < -0.4 is 10.7 Å². The van der Waals surface area contributed by atoms with Crippen LogP contribution in [0, 0.1) is 0 Å². The molecule has 1 amide bonds. The molecule has 0 radical (unpaired) electrons. The third-order valence-corrected chi connectivity index (χ3v) is 4.68. The number of nitrogens with one attached hydrogen (secondary N) is 1. The van der Waals surface area contributed by atoms with Crippen molar-refractivity contribution < 1.29 is 4.79 Å². The van der Waals surface area contributed by atoms with Crippen molar-refractivity contribution in [1.82, 2.24) is 9.78 Å². The summed E-state index contributed by atoms with van der Waals surface area (Å²) in [7, 11) is 0. The number of carbonyl (C=O) groups excluding carboxylic acids is 1. The van der Waals surface area contributed by atoms with Crippen molar-refractivity contribution in [1.29, 1.82) is 0 Å². The average Bonchev–Trinajstić information content (AvgIpc) is 2.69. The second-order valence-corrected chi connectivity index (χ2v) is 6.85. The van der Waals surface area contributed by atoms with Crippen LogP contribution in [-0.4, -0.2) is 15.7 Å². The molecule has 1 heterocycles. The molecule has 0 aliphatic rings. The highest BCUT2D eigenvalue weighted by Crippen LogP contribution is 2.23. The Morgan fingerprint density at radius 2 is 1.67 bits per heavy atom. The van der Waals surface area contributed by atoms with Crippen LogP contribution in [0.25, 0.3) is 16.5 Å². The first-order valence-corrected chi connectivity index (χ1v) is 9.06. The number of benzene rings is 3. The lowest BCUT2D eigenvalue weighted by Gasteiger charge is -2.10. The molecule has 1 aromatic heterocycles. The Morgan fingerprint density at radius 3 is 2.48 bits per heavy atom. The zero-order valence-corrected chi connectivity index (χ0v) is 15.7. The van der Waals surface area contributed by atoms with E-state index in [2.05, 4.69) is 26.3 Å². The minimum Gasteiger partial charge on any atom is -0.320 e. The number of amides is 1. The van der Waals surface area contributed by atoms with Gasteiger partial charge < -0.3 is 5.32 Å².